The van der Waals surface area contributed by atoms with E-state index in [2.05, 4.69) is 50.0 Å². The molecule has 2 aromatic heterocycles. The predicted octanol–water partition coefficient (Wildman–Crippen LogP) is 3.36. The lowest BCUT2D eigenvalue weighted by Crippen LogP contribution is -2.38. The van der Waals surface area contributed by atoms with Gasteiger partial charge in [-0.05, 0) is 13.8 Å². The summed E-state index contributed by atoms with van der Waals surface area (Å²) in [5.41, 5.74) is 4.96. The number of thiazole rings is 1. The Morgan fingerprint density at radius 2 is 2.08 bits per heavy atom. The van der Waals surface area contributed by atoms with Crippen molar-refractivity contribution in [2.24, 2.45) is 7.05 Å². The van der Waals surface area contributed by atoms with Crippen molar-refractivity contribution in [3.63, 3.8) is 0 Å². The molecule has 6 heteroatoms. The second kappa shape index (κ2) is 6.58. The number of hydrogen-bond acceptors (Lipinski definition) is 5. The number of rotatable bonds is 3. The monoisotopic (exact) mass is 348 g/mol. The van der Waals surface area contributed by atoms with Crippen LogP contribution in [-0.2, 0) is 23.7 Å². The fourth-order valence-corrected chi connectivity index (χ4v) is 4.13. The summed E-state index contributed by atoms with van der Waals surface area (Å²) in [6, 6.07) is 0. The SMILES string of the molecule is Cc1nn(C)c(C)c1CN1CCO[C@H](c2nc(C(C)(C)C)cs2)C1. The van der Waals surface area contributed by atoms with E-state index in [9.17, 15) is 0 Å². The molecule has 0 spiro atoms. The van der Waals surface area contributed by atoms with Gasteiger partial charge in [-0.1, -0.05) is 20.8 Å². The lowest BCUT2D eigenvalue weighted by molar-refractivity contribution is -0.0332. The zero-order valence-corrected chi connectivity index (χ0v) is 16.4. The van der Waals surface area contributed by atoms with Crippen molar-refractivity contribution in [1.29, 1.82) is 0 Å². The second-order valence-electron chi connectivity index (χ2n) is 7.69. The molecule has 0 radical (unpaired) electrons. The highest BCUT2D eigenvalue weighted by atomic mass is 32.1. The molecule has 0 unspecified atom stereocenters. The first-order valence-electron chi connectivity index (χ1n) is 8.54. The van der Waals surface area contributed by atoms with Crippen molar-refractivity contribution in [1.82, 2.24) is 19.7 Å². The average molecular weight is 349 g/mol. The molecule has 132 valence electrons. The third kappa shape index (κ3) is 3.55. The van der Waals surface area contributed by atoms with Gasteiger partial charge in [0, 0.05) is 48.7 Å². The fraction of sp³-hybridized carbons (Fsp3) is 0.667. The first-order valence-corrected chi connectivity index (χ1v) is 9.42. The van der Waals surface area contributed by atoms with Gasteiger partial charge < -0.3 is 4.74 Å². The maximum atomic E-state index is 6.01. The molecule has 0 aromatic carbocycles. The Morgan fingerprint density at radius 3 is 2.67 bits per heavy atom. The molecule has 0 bridgehead atoms. The molecule has 0 aliphatic carbocycles. The smallest absolute Gasteiger partial charge is 0.123 e. The van der Waals surface area contributed by atoms with Gasteiger partial charge >= 0.3 is 0 Å². The Bertz CT molecular complexity index is 713. The van der Waals surface area contributed by atoms with E-state index in [-0.39, 0.29) is 11.5 Å². The maximum absolute atomic E-state index is 6.01. The quantitative estimate of drug-likeness (QED) is 0.853. The molecule has 0 saturated carbocycles. The van der Waals surface area contributed by atoms with E-state index in [1.165, 1.54) is 11.3 Å². The van der Waals surface area contributed by atoms with E-state index >= 15 is 0 Å². The van der Waals surface area contributed by atoms with E-state index in [1.54, 1.807) is 11.3 Å². The summed E-state index contributed by atoms with van der Waals surface area (Å²) in [7, 11) is 2.01. The summed E-state index contributed by atoms with van der Waals surface area (Å²) in [5.74, 6) is 0. The number of ether oxygens (including phenoxy) is 1. The summed E-state index contributed by atoms with van der Waals surface area (Å²) in [6.07, 6.45) is 0.0807. The van der Waals surface area contributed by atoms with Gasteiger partial charge in [-0.2, -0.15) is 5.10 Å². The minimum Gasteiger partial charge on any atom is -0.368 e. The average Bonchev–Trinajstić information content (AvgIpc) is 3.09. The normalized spacial score (nSPS) is 19.8. The molecule has 3 rings (SSSR count). The van der Waals surface area contributed by atoms with Crippen LogP contribution in [0.5, 0.6) is 0 Å². The Hall–Kier alpha value is -1.24. The van der Waals surface area contributed by atoms with Crippen molar-refractivity contribution in [3.05, 3.63) is 33.0 Å². The Kier molecular flexibility index (Phi) is 4.82. The first-order chi connectivity index (χ1) is 11.3. The van der Waals surface area contributed by atoms with Crippen LogP contribution in [0.15, 0.2) is 5.38 Å². The summed E-state index contributed by atoms with van der Waals surface area (Å²) >= 11 is 1.72. The molecule has 1 fully saturated rings. The molecule has 0 amide bonds. The number of nitrogens with zero attached hydrogens (tertiary/aromatic N) is 4. The fourth-order valence-electron chi connectivity index (χ4n) is 3.05. The molecular weight excluding hydrogens is 320 g/mol. The largest absolute Gasteiger partial charge is 0.368 e. The van der Waals surface area contributed by atoms with Crippen molar-refractivity contribution >= 4 is 11.3 Å². The molecular formula is C18H28N4OS. The summed E-state index contributed by atoms with van der Waals surface area (Å²) in [4.78, 5) is 7.30. The zero-order chi connectivity index (χ0) is 17.5. The second-order valence-corrected chi connectivity index (χ2v) is 8.58. The Labute approximate surface area is 148 Å². The minimum atomic E-state index is 0.0807. The van der Waals surface area contributed by atoms with E-state index in [4.69, 9.17) is 9.72 Å². The standard InChI is InChI=1S/C18H28N4OS/c1-12-14(13(2)21(6)20-12)9-22-7-8-23-15(10-22)17-19-16(11-24-17)18(3,4)5/h11,15H,7-10H2,1-6H3/t15-/m0/s1. The molecule has 0 N–H and O–H groups in total. The predicted molar refractivity (Wildman–Crippen MR) is 97.5 cm³/mol. The van der Waals surface area contributed by atoms with Crippen molar-refractivity contribution in [3.8, 4) is 0 Å². The van der Waals surface area contributed by atoms with E-state index < -0.39 is 0 Å². The van der Waals surface area contributed by atoms with Crippen LogP contribution >= 0.6 is 11.3 Å². The van der Waals surface area contributed by atoms with Gasteiger partial charge in [0.05, 0.1) is 18.0 Å². The lowest BCUT2D eigenvalue weighted by atomic mass is 9.93. The van der Waals surface area contributed by atoms with E-state index in [0.717, 1.165) is 42.6 Å². The first kappa shape index (κ1) is 17.6. The van der Waals surface area contributed by atoms with Gasteiger partial charge in [0.1, 0.15) is 11.1 Å². The molecule has 24 heavy (non-hydrogen) atoms. The summed E-state index contributed by atoms with van der Waals surface area (Å²) in [6.45, 7) is 14.4. The molecule has 3 heterocycles. The molecule has 1 aliphatic heterocycles. The third-order valence-corrected chi connectivity index (χ3v) is 5.69. The van der Waals surface area contributed by atoms with Gasteiger partial charge in [-0.25, -0.2) is 4.98 Å². The zero-order valence-electron chi connectivity index (χ0n) is 15.6. The third-order valence-electron chi connectivity index (χ3n) is 4.76. The highest BCUT2D eigenvalue weighted by Crippen LogP contribution is 2.30. The highest BCUT2D eigenvalue weighted by Gasteiger charge is 2.27. The topological polar surface area (TPSA) is 43.2 Å². The molecule has 1 saturated heterocycles. The van der Waals surface area contributed by atoms with E-state index in [1.807, 2.05) is 11.7 Å². The van der Waals surface area contributed by atoms with Crippen LogP contribution in [0.1, 0.15) is 54.5 Å². The van der Waals surface area contributed by atoms with Crippen LogP contribution in [0.4, 0.5) is 0 Å². The van der Waals surface area contributed by atoms with Crippen molar-refractivity contribution < 1.29 is 4.74 Å². The van der Waals surface area contributed by atoms with Gasteiger partial charge in [0.25, 0.3) is 0 Å². The van der Waals surface area contributed by atoms with E-state index in [0.29, 0.717) is 0 Å². The minimum absolute atomic E-state index is 0.0807. The number of morpholine rings is 1. The van der Waals surface area contributed by atoms with Crippen LogP contribution < -0.4 is 0 Å². The van der Waals surface area contributed by atoms with Crippen LogP contribution in [0.25, 0.3) is 0 Å². The Morgan fingerprint density at radius 1 is 1.33 bits per heavy atom. The summed E-state index contributed by atoms with van der Waals surface area (Å²) < 4.78 is 7.98. The van der Waals surface area contributed by atoms with Crippen LogP contribution in [-0.4, -0.2) is 39.4 Å². The Balaban J connectivity index is 1.71. The van der Waals surface area contributed by atoms with Crippen molar-refractivity contribution in [2.75, 3.05) is 19.7 Å². The lowest BCUT2D eigenvalue weighted by Gasteiger charge is -2.32. The number of aromatic nitrogens is 3. The number of hydrogen-bond donors (Lipinski definition) is 0. The van der Waals surface area contributed by atoms with Gasteiger partial charge in [-0.15, -0.1) is 11.3 Å². The highest BCUT2D eigenvalue weighted by molar-refractivity contribution is 7.09. The molecule has 1 atom stereocenters. The number of aryl methyl sites for hydroxylation is 2. The summed E-state index contributed by atoms with van der Waals surface area (Å²) in [5, 5.41) is 7.81. The van der Waals surface area contributed by atoms with Gasteiger partial charge in [-0.3, -0.25) is 9.58 Å². The van der Waals surface area contributed by atoms with Crippen LogP contribution in [0.3, 0.4) is 0 Å². The van der Waals surface area contributed by atoms with Gasteiger partial charge in [0.15, 0.2) is 0 Å². The molecule has 5 nitrogen and oxygen atoms in total. The van der Waals surface area contributed by atoms with Crippen LogP contribution in [0, 0.1) is 13.8 Å². The molecule has 1 aliphatic rings. The van der Waals surface area contributed by atoms with Gasteiger partial charge in [0.2, 0.25) is 0 Å². The molecule has 2 aromatic rings. The van der Waals surface area contributed by atoms with Crippen molar-refractivity contribution in [2.45, 2.75) is 52.7 Å². The van der Waals surface area contributed by atoms with Crippen LogP contribution in [0.2, 0.25) is 0 Å². The maximum Gasteiger partial charge on any atom is 0.123 e.